The van der Waals surface area contributed by atoms with Crippen LogP contribution in [-0.4, -0.2) is 18.9 Å². The lowest BCUT2D eigenvalue weighted by atomic mass is 10.1. The van der Waals surface area contributed by atoms with E-state index >= 15 is 0 Å². The molecule has 0 unspecified atom stereocenters. The molecule has 21 heavy (non-hydrogen) atoms. The molecule has 0 radical (unpaired) electrons. The fourth-order valence-corrected chi connectivity index (χ4v) is 2.31. The molecule has 7 heteroatoms. The van der Waals surface area contributed by atoms with E-state index in [1.54, 1.807) is 38.5 Å². The molecule has 3 rings (SSSR count). The highest BCUT2D eigenvalue weighted by molar-refractivity contribution is 5.65. The van der Waals surface area contributed by atoms with Crippen LogP contribution in [0.25, 0.3) is 16.8 Å². The van der Waals surface area contributed by atoms with Crippen LogP contribution >= 0.6 is 0 Å². The zero-order chi connectivity index (χ0) is 15.1. The molecule has 0 aliphatic heterocycles. The average molecular weight is 284 g/mol. The third kappa shape index (κ3) is 2.08. The lowest BCUT2D eigenvalue weighted by molar-refractivity contribution is -0.390. The smallest absolute Gasteiger partial charge is 0.347 e. The van der Waals surface area contributed by atoms with Crippen molar-refractivity contribution in [2.45, 2.75) is 6.92 Å². The minimum atomic E-state index is -0.476. The van der Waals surface area contributed by atoms with Gasteiger partial charge in [-0.15, -0.1) is 0 Å². The van der Waals surface area contributed by atoms with E-state index in [1.165, 1.54) is 15.2 Å². The van der Waals surface area contributed by atoms with Crippen LogP contribution in [0.5, 0.6) is 0 Å². The Kier molecular flexibility index (Phi) is 2.83. The number of imidazole rings is 1. The molecule has 0 aromatic carbocycles. The van der Waals surface area contributed by atoms with Crippen molar-refractivity contribution in [3.8, 4) is 11.1 Å². The molecule has 3 aromatic heterocycles. The largest absolute Gasteiger partial charge is 0.358 e. The number of aromatic nitrogens is 3. The number of nitro groups is 1. The van der Waals surface area contributed by atoms with Gasteiger partial charge in [0.2, 0.25) is 5.65 Å². The van der Waals surface area contributed by atoms with E-state index in [1.807, 2.05) is 6.07 Å². The van der Waals surface area contributed by atoms with E-state index in [9.17, 15) is 14.9 Å². The monoisotopic (exact) mass is 284 g/mol. The van der Waals surface area contributed by atoms with Gasteiger partial charge in [-0.3, -0.25) is 4.79 Å². The van der Waals surface area contributed by atoms with Crippen LogP contribution in [0, 0.1) is 17.0 Å². The van der Waals surface area contributed by atoms with Gasteiger partial charge in [0.1, 0.15) is 12.4 Å². The average Bonchev–Trinajstić information content (AvgIpc) is 2.87. The second-order valence-corrected chi connectivity index (χ2v) is 4.85. The Hall–Kier alpha value is -2.96. The predicted octanol–water partition coefficient (Wildman–Crippen LogP) is 1.92. The summed E-state index contributed by atoms with van der Waals surface area (Å²) in [6, 6.07) is 5.31. The molecule has 0 atom stereocenters. The van der Waals surface area contributed by atoms with Gasteiger partial charge in [-0.1, -0.05) is 0 Å². The summed E-state index contributed by atoms with van der Waals surface area (Å²) < 4.78 is 2.92. The van der Waals surface area contributed by atoms with E-state index in [-0.39, 0.29) is 11.4 Å². The number of pyridine rings is 2. The van der Waals surface area contributed by atoms with Crippen LogP contribution in [0.15, 0.2) is 41.6 Å². The van der Waals surface area contributed by atoms with Crippen LogP contribution in [-0.2, 0) is 7.05 Å². The molecule has 106 valence electrons. The molecular weight excluding hydrogens is 272 g/mol. The van der Waals surface area contributed by atoms with E-state index in [4.69, 9.17) is 0 Å². The van der Waals surface area contributed by atoms with Crippen molar-refractivity contribution < 1.29 is 4.92 Å². The number of hydrogen-bond donors (Lipinski definition) is 0. The van der Waals surface area contributed by atoms with Gasteiger partial charge in [0.05, 0.1) is 0 Å². The molecule has 0 N–H and O–H groups in total. The lowest BCUT2D eigenvalue weighted by Crippen LogP contribution is -2.18. The minimum absolute atomic E-state index is 0.0616. The number of aryl methyl sites for hydroxylation is 2. The third-order valence-electron chi connectivity index (χ3n) is 3.37. The van der Waals surface area contributed by atoms with E-state index in [0.717, 1.165) is 11.1 Å². The van der Waals surface area contributed by atoms with Gasteiger partial charge in [0, 0.05) is 36.0 Å². The summed E-state index contributed by atoms with van der Waals surface area (Å²) in [5.74, 6) is -0.0895. The van der Waals surface area contributed by atoms with Gasteiger partial charge in [-0.2, -0.15) is 4.40 Å². The maximum absolute atomic E-state index is 11.7. The van der Waals surface area contributed by atoms with Gasteiger partial charge in [-0.25, -0.2) is 4.98 Å². The summed E-state index contributed by atoms with van der Waals surface area (Å²) in [7, 11) is 1.68. The standard InChI is InChI=1S/C14H12N4O3/c1-9-5-11(7-16(2)14(9)19)10-3-4-12-15-6-13(18(20)21)17(12)8-10/h3-8H,1-2H3. The van der Waals surface area contributed by atoms with Crippen molar-refractivity contribution in [3.63, 3.8) is 0 Å². The van der Waals surface area contributed by atoms with Gasteiger partial charge in [0.15, 0.2) is 0 Å². The Balaban J connectivity index is 2.23. The van der Waals surface area contributed by atoms with Crippen LogP contribution in [0.2, 0.25) is 0 Å². The van der Waals surface area contributed by atoms with Crippen molar-refractivity contribution in [3.05, 3.63) is 62.8 Å². The molecule has 7 nitrogen and oxygen atoms in total. The fraction of sp³-hybridized carbons (Fsp3) is 0.143. The van der Waals surface area contributed by atoms with E-state index in [2.05, 4.69) is 4.98 Å². The zero-order valence-corrected chi connectivity index (χ0v) is 11.5. The van der Waals surface area contributed by atoms with Crippen LogP contribution in [0.1, 0.15) is 5.56 Å². The number of hydrogen-bond acceptors (Lipinski definition) is 4. The summed E-state index contributed by atoms with van der Waals surface area (Å²) in [4.78, 5) is 26.2. The number of rotatable bonds is 2. The molecule has 0 bridgehead atoms. The summed E-state index contributed by atoms with van der Waals surface area (Å²) in [5, 5.41) is 11.0. The lowest BCUT2D eigenvalue weighted by Gasteiger charge is -2.05. The van der Waals surface area contributed by atoms with Gasteiger partial charge in [-0.05, 0) is 24.0 Å². The van der Waals surface area contributed by atoms with Crippen molar-refractivity contribution in [1.29, 1.82) is 0 Å². The highest BCUT2D eigenvalue weighted by Gasteiger charge is 2.15. The Morgan fingerprint density at radius 2 is 2.00 bits per heavy atom. The maximum atomic E-state index is 11.7. The highest BCUT2D eigenvalue weighted by atomic mass is 16.6. The first-order chi connectivity index (χ1) is 9.97. The molecule has 0 saturated heterocycles. The number of nitrogens with zero attached hydrogens (tertiary/aromatic N) is 4. The van der Waals surface area contributed by atoms with E-state index < -0.39 is 4.92 Å². The summed E-state index contributed by atoms with van der Waals surface area (Å²) in [5.41, 5.74) is 2.66. The molecular formula is C14H12N4O3. The summed E-state index contributed by atoms with van der Waals surface area (Å²) >= 11 is 0. The Bertz CT molecular complexity index is 897. The van der Waals surface area contributed by atoms with Gasteiger partial charge in [0.25, 0.3) is 5.56 Å². The molecule has 0 fully saturated rings. The van der Waals surface area contributed by atoms with E-state index in [0.29, 0.717) is 11.2 Å². The maximum Gasteiger partial charge on any atom is 0.347 e. The first-order valence-corrected chi connectivity index (χ1v) is 6.26. The second kappa shape index (κ2) is 4.55. The quantitative estimate of drug-likeness (QED) is 0.531. The topological polar surface area (TPSA) is 82.4 Å². The van der Waals surface area contributed by atoms with Gasteiger partial charge >= 0.3 is 5.82 Å². The second-order valence-electron chi connectivity index (χ2n) is 4.85. The first kappa shape index (κ1) is 13.0. The Morgan fingerprint density at radius 3 is 2.67 bits per heavy atom. The van der Waals surface area contributed by atoms with Crippen LogP contribution in [0.4, 0.5) is 5.82 Å². The predicted molar refractivity (Wildman–Crippen MR) is 77.3 cm³/mol. The molecule has 0 aliphatic rings. The number of fused-ring (bicyclic) bond motifs is 1. The van der Waals surface area contributed by atoms with Crippen molar-refractivity contribution >= 4 is 11.5 Å². The summed E-state index contributed by atoms with van der Waals surface area (Å²) in [6.07, 6.45) is 4.59. The molecule has 0 spiro atoms. The Morgan fingerprint density at radius 1 is 1.24 bits per heavy atom. The molecule has 3 aromatic rings. The fourth-order valence-electron chi connectivity index (χ4n) is 2.31. The van der Waals surface area contributed by atoms with Crippen molar-refractivity contribution in [2.24, 2.45) is 7.05 Å². The van der Waals surface area contributed by atoms with Crippen LogP contribution in [0.3, 0.4) is 0 Å². The first-order valence-electron chi connectivity index (χ1n) is 6.26. The molecule has 0 saturated carbocycles. The minimum Gasteiger partial charge on any atom is -0.358 e. The van der Waals surface area contributed by atoms with Crippen molar-refractivity contribution in [1.82, 2.24) is 14.0 Å². The SMILES string of the molecule is Cc1cc(-c2ccc3ncc([N+](=O)[O-])n3c2)cn(C)c1=O. The molecule has 0 aliphatic carbocycles. The van der Waals surface area contributed by atoms with Crippen LogP contribution < -0.4 is 5.56 Å². The van der Waals surface area contributed by atoms with Crippen molar-refractivity contribution in [2.75, 3.05) is 0 Å². The molecule has 0 amide bonds. The third-order valence-corrected chi connectivity index (χ3v) is 3.37. The normalized spacial score (nSPS) is 11.0. The Labute approximate surface area is 119 Å². The van der Waals surface area contributed by atoms with Gasteiger partial charge < -0.3 is 14.7 Å². The summed E-state index contributed by atoms with van der Waals surface area (Å²) in [6.45, 7) is 1.74. The zero-order valence-electron chi connectivity index (χ0n) is 11.5. The highest BCUT2D eigenvalue weighted by Crippen LogP contribution is 2.22. The molecule has 3 heterocycles.